The lowest BCUT2D eigenvalue weighted by Gasteiger charge is -2.43. The smallest absolute Gasteiger partial charge is 0.170 e. The number of aromatic nitrogens is 2. The van der Waals surface area contributed by atoms with E-state index in [2.05, 4.69) is 21.3 Å². The number of anilines is 2. The van der Waals surface area contributed by atoms with Gasteiger partial charge >= 0.3 is 0 Å². The van der Waals surface area contributed by atoms with E-state index < -0.39 is 0 Å². The second-order valence-corrected chi connectivity index (χ2v) is 15.2. The maximum absolute atomic E-state index is 6.15. The highest BCUT2D eigenvalue weighted by Gasteiger charge is 2.41. The summed E-state index contributed by atoms with van der Waals surface area (Å²) in [6, 6.07) is 27.8. The van der Waals surface area contributed by atoms with Gasteiger partial charge in [0.25, 0.3) is 0 Å². The van der Waals surface area contributed by atoms with Crippen LogP contribution in [0, 0.1) is 5.41 Å². The summed E-state index contributed by atoms with van der Waals surface area (Å²) in [5.41, 5.74) is 4.78. The van der Waals surface area contributed by atoms with Crippen LogP contribution < -0.4 is 30.7 Å². The maximum Gasteiger partial charge on any atom is 0.170 e. The van der Waals surface area contributed by atoms with E-state index >= 15 is 0 Å². The number of hydrogen-bond donors (Lipinski definition) is 4. The number of para-hydroxylation sites is 4. The summed E-state index contributed by atoms with van der Waals surface area (Å²) in [6.45, 7) is 3.43. The SMILES string of the molecule is COc1cccc2c(NC(=S)NCCCC3OCC4(CO3)COC(CCCNC(=S)Nc3c5ccccc5nc5c(OC)cccc35)OC4)c3ccccc3nc12. The predicted octanol–water partition coefficient (Wildman–Crippen LogP) is 7.67. The monoisotopic (exact) mass is 806 g/mol. The average molecular weight is 807 g/mol. The first kappa shape index (κ1) is 38.9. The molecule has 2 aliphatic rings. The molecule has 4 N–H and O–H groups in total. The van der Waals surface area contributed by atoms with Gasteiger partial charge in [0.1, 0.15) is 22.5 Å². The van der Waals surface area contributed by atoms with E-state index in [9.17, 15) is 0 Å². The summed E-state index contributed by atoms with van der Waals surface area (Å²) in [5.74, 6) is 1.43. The van der Waals surface area contributed by atoms with Crippen molar-refractivity contribution >= 4 is 89.6 Å². The summed E-state index contributed by atoms with van der Waals surface area (Å²) >= 11 is 11.4. The van der Waals surface area contributed by atoms with Gasteiger partial charge in [-0.25, -0.2) is 9.97 Å². The molecule has 6 aromatic rings. The summed E-state index contributed by atoms with van der Waals surface area (Å²) in [4.78, 5) is 9.68. The lowest BCUT2D eigenvalue weighted by molar-refractivity contribution is -0.304. The molecule has 57 heavy (non-hydrogen) atoms. The van der Waals surface area contributed by atoms with Gasteiger partial charge < -0.3 is 49.7 Å². The Morgan fingerprint density at radius 2 is 1.00 bits per heavy atom. The average Bonchev–Trinajstić information content (AvgIpc) is 3.24. The second-order valence-electron chi connectivity index (χ2n) is 14.4. The zero-order valence-electron chi connectivity index (χ0n) is 32.0. The molecule has 0 radical (unpaired) electrons. The minimum absolute atomic E-state index is 0.286. The maximum atomic E-state index is 6.15. The minimum Gasteiger partial charge on any atom is -0.494 e. The number of hydrogen-bond acceptors (Lipinski definition) is 10. The minimum atomic E-state index is -0.308. The Kier molecular flexibility index (Phi) is 12.1. The number of fused-ring (bicyclic) bond motifs is 4. The van der Waals surface area contributed by atoms with Crippen LogP contribution in [0.2, 0.25) is 0 Å². The summed E-state index contributed by atoms with van der Waals surface area (Å²) in [5, 5.41) is 18.4. The molecule has 8 rings (SSSR count). The van der Waals surface area contributed by atoms with Crippen LogP contribution in [0.25, 0.3) is 43.6 Å². The zero-order valence-corrected chi connectivity index (χ0v) is 33.6. The number of rotatable bonds is 12. The van der Waals surface area contributed by atoms with Crippen molar-refractivity contribution in [2.24, 2.45) is 5.41 Å². The third-order valence-corrected chi connectivity index (χ3v) is 10.9. The highest BCUT2D eigenvalue weighted by Crippen LogP contribution is 2.37. The van der Waals surface area contributed by atoms with Crippen LogP contribution in [0.4, 0.5) is 11.4 Å². The van der Waals surface area contributed by atoms with Gasteiger partial charge in [-0.1, -0.05) is 60.7 Å². The standard InChI is InChI=1S/C43H46N6O6S2/c1-50-33-17-7-13-29-37(27-11-3-5-15-31(27)46-39(29)33)48-41(56)44-21-9-19-35-52-23-43(24-53-35)25-54-36(55-26-43)20-10-22-45-42(57)49-38-28-12-4-6-16-32(28)47-40-30(38)14-8-18-34(40)51-2/h3-8,11-18,35-36H,9-10,19-26H2,1-2H3,(H2,44,46,48,56)(H2,45,47,49,57). The normalized spacial score (nSPS) is 19.5. The molecule has 2 saturated heterocycles. The highest BCUT2D eigenvalue weighted by atomic mass is 32.1. The largest absolute Gasteiger partial charge is 0.494 e. The van der Waals surface area contributed by atoms with E-state index in [-0.39, 0.29) is 18.0 Å². The Morgan fingerprint density at radius 3 is 1.42 bits per heavy atom. The Labute approximate surface area is 341 Å². The molecule has 14 heteroatoms. The molecule has 4 aromatic carbocycles. The molecule has 4 heterocycles. The molecule has 0 amide bonds. The van der Waals surface area contributed by atoms with Crippen molar-refractivity contribution in [1.82, 2.24) is 20.6 Å². The van der Waals surface area contributed by atoms with Crippen LogP contribution in [0.3, 0.4) is 0 Å². The van der Waals surface area contributed by atoms with Gasteiger partial charge in [-0.2, -0.15) is 0 Å². The van der Waals surface area contributed by atoms with Crippen LogP contribution in [-0.4, -0.2) is 86.5 Å². The molecule has 1 spiro atoms. The zero-order chi connectivity index (χ0) is 39.2. The Bertz CT molecular complexity index is 2230. The molecule has 2 fully saturated rings. The Hall–Kier alpha value is -4.96. The quantitative estimate of drug-likeness (QED) is 0.0549. The number of thiocarbonyl (C=S) groups is 2. The Balaban J connectivity index is 0.740. The van der Waals surface area contributed by atoms with E-state index in [0.717, 1.165) is 80.7 Å². The van der Waals surface area contributed by atoms with Gasteiger partial charge in [-0.3, -0.25) is 0 Å². The second kappa shape index (κ2) is 17.7. The van der Waals surface area contributed by atoms with Crippen molar-refractivity contribution in [2.75, 3.05) is 64.4 Å². The fourth-order valence-corrected chi connectivity index (χ4v) is 7.80. The number of nitrogens with zero attached hydrogens (tertiary/aromatic N) is 2. The van der Waals surface area contributed by atoms with Crippen molar-refractivity contribution < 1.29 is 28.4 Å². The molecule has 296 valence electrons. The fourth-order valence-electron chi connectivity index (χ4n) is 7.39. The van der Waals surface area contributed by atoms with Gasteiger partial charge in [0.15, 0.2) is 22.8 Å². The van der Waals surface area contributed by atoms with Crippen LogP contribution in [0.5, 0.6) is 11.5 Å². The van der Waals surface area contributed by atoms with Crippen molar-refractivity contribution in [1.29, 1.82) is 0 Å². The molecule has 2 aliphatic heterocycles. The van der Waals surface area contributed by atoms with Crippen molar-refractivity contribution in [2.45, 2.75) is 38.3 Å². The van der Waals surface area contributed by atoms with Crippen molar-refractivity contribution in [3.63, 3.8) is 0 Å². The molecule has 0 saturated carbocycles. The summed E-state index contributed by atoms with van der Waals surface area (Å²) in [6.07, 6.45) is 2.53. The number of nitrogens with one attached hydrogen (secondary N) is 4. The van der Waals surface area contributed by atoms with Gasteiger partial charge in [-0.15, -0.1) is 0 Å². The fraction of sp³-hybridized carbons (Fsp3) is 0.349. The molecule has 0 unspecified atom stereocenters. The number of benzene rings is 4. The number of pyridine rings is 2. The van der Waals surface area contributed by atoms with Gasteiger partial charge in [0.2, 0.25) is 0 Å². The molecular weight excluding hydrogens is 761 g/mol. The van der Waals surface area contributed by atoms with E-state index in [1.54, 1.807) is 14.2 Å². The van der Waals surface area contributed by atoms with Crippen LogP contribution in [0.1, 0.15) is 25.7 Å². The first-order chi connectivity index (χ1) is 27.9. The first-order valence-corrected chi connectivity index (χ1v) is 20.0. The highest BCUT2D eigenvalue weighted by molar-refractivity contribution is 7.80. The summed E-state index contributed by atoms with van der Waals surface area (Å²) < 4.78 is 35.8. The molecule has 0 atom stereocenters. The van der Waals surface area contributed by atoms with E-state index in [4.69, 9.17) is 62.8 Å². The van der Waals surface area contributed by atoms with E-state index in [1.165, 1.54) is 0 Å². The Morgan fingerprint density at radius 1 is 0.596 bits per heavy atom. The molecule has 0 aliphatic carbocycles. The molecule has 12 nitrogen and oxygen atoms in total. The predicted molar refractivity (Wildman–Crippen MR) is 232 cm³/mol. The van der Waals surface area contributed by atoms with E-state index in [0.29, 0.717) is 61.2 Å². The lowest BCUT2D eigenvalue weighted by atomic mass is 9.90. The van der Waals surface area contributed by atoms with Crippen molar-refractivity contribution in [3.8, 4) is 11.5 Å². The van der Waals surface area contributed by atoms with Crippen LogP contribution >= 0.6 is 24.4 Å². The third-order valence-electron chi connectivity index (χ3n) is 10.4. The molecule has 0 bridgehead atoms. The van der Waals surface area contributed by atoms with Crippen LogP contribution in [-0.2, 0) is 18.9 Å². The number of methoxy groups -OCH3 is 2. The topological polar surface area (TPSA) is 129 Å². The molecule has 2 aromatic heterocycles. The van der Waals surface area contributed by atoms with Crippen molar-refractivity contribution in [3.05, 3.63) is 84.9 Å². The third kappa shape index (κ3) is 8.66. The van der Waals surface area contributed by atoms with E-state index in [1.807, 2.05) is 84.9 Å². The summed E-state index contributed by atoms with van der Waals surface area (Å²) in [7, 11) is 3.31. The first-order valence-electron chi connectivity index (χ1n) is 19.2. The molecular formula is C43H46N6O6S2. The number of ether oxygens (including phenoxy) is 6. The van der Waals surface area contributed by atoms with Gasteiger partial charge in [0.05, 0.1) is 68.5 Å². The van der Waals surface area contributed by atoms with Gasteiger partial charge in [-0.05, 0) is 61.5 Å². The lowest BCUT2D eigenvalue weighted by Crippen LogP contribution is -2.52. The van der Waals surface area contributed by atoms with Gasteiger partial charge in [0, 0.05) is 47.5 Å². The van der Waals surface area contributed by atoms with Crippen LogP contribution in [0.15, 0.2) is 84.9 Å².